The molecule has 1 N–H and O–H groups in total. The summed E-state index contributed by atoms with van der Waals surface area (Å²) in [5.74, 6) is -0.0726. The first-order valence-corrected chi connectivity index (χ1v) is 16.3. The van der Waals surface area contributed by atoms with Crippen LogP contribution in [0, 0.1) is 6.92 Å². The molecule has 8 nitrogen and oxygen atoms in total. The fourth-order valence-corrected chi connectivity index (χ4v) is 6.30. The quantitative estimate of drug-likeness (QED) is 0.325. The standard InChI is InChI=1S/C33H41N3O5S/c1-25-12-10-18-29(20-25)36(42(3,39)40)24-32(37)35(23-27-15-11-19-30(21-27)41-2)31(22-26-13-6-4-7-14-26)33(38)34-28-16-8-5-9-17-28/h4,6-7,10-15,18-21,28,31H,5,8-9,16-17,22-24H2,1-3H3,(H,34,38)/t31-/m0/s1. The summed E-state index contributed by atoms with van der Waals surface area (Å²) in [6, 6.07) is 23.2. The number of benzene rings is 3. The molecule has 0 heterocycles. The number of aryl methyl sites for hydroxylation is 1. The zero-order chi connectivity index (χ0) is 30.1. The van der Waals surface area contributed by atoms with Crippen LogP contribution in [0.3, 0.4) is 0 Å². The molecule has 0 unspecified atom stereocenters. The molecule has 3 aromatic rings. The highest BCUT2D eigenvalue weighted by molar-refractivity contribution is 7.92. The van der Waals surface area contributed by atoms with Crippen LogP contribution in [0.15, 0.2) is 78.9 Å². The molecule has 4 rings (SSSR count). The SMILES string of the molecule is COc1cccc(CN(C(=O)CN(c2cccc(C)c2)S(C)(=O)=O)[C@@H](Cc2ccccc2)C(=O)NC2CCCCC2)c1. The van der Waals surface area contributed by atoms with Crippen LogP contribution in [0.25, 0.3) is 0 Å². The number of hydrogen-bond donors (Lipinski definition) is 1. The summed E-state index contributed by atoms with van der Waals surface area (Å²) >= 11 is 0. The smallest absolute Gasteiger partial charge is 0.244 e. The molecule has 0 saturated heterocycles. The number of anilines is 1. The third kappa shape index (κ3) is 8.58. The zero-order valence-corrected chi connectivity index (χ0v) is 25.5. The molecular weight excluding hydrogens is 550 g/mol. The second-order valence-electron chi connectivity index (χ2n) is 11.0. The van der Waals surface area contributed by atoms with E-state index in [1.165, 1.54) is 4.90 Å². The van der Waals surface area contributed by atoms with E-state index in [1.54, 1.807) is 25.3 Å². The molecule has 0 radical (unpaired) electrons. The fraction of sp³-hybridized carbons (Fsp3) is 0.394. The Morgan fingerprint density at radius 1 is 0.929 bits per heavy atom. The molecule has 224 valence electrons. The van der Waals surface area contributed by atoms with Gasteiger partial charge in [-0.25, -0.2) is 8.42 Å². The number of hydrogen-bond acceptors (Lipinski definition) is 5. The molecule has 2 amide bonds. The van der Waals surface area contributed by atoms with Crippen LogP contribution in [-0.4, -0.2) is 57.1 Å². The van der Waals surface area contributed by atoms with Crippen molar-refractivity contribution in [3.8, 4) is 5.75 Å². The van der Waals surface area contributed by atoms with Gasteiger partial charge in [0.2, 0.25) is 21.8 Å². The van der Waals surface area contributed by atoms with Gasteiger partial charge in [-0.3, -0.25) is 13.9 Å². The Morgan fingerprint density at radius 3 is 2.29 bits per heavy atom. The van der Waals surface area contributed by atoms with Gasteiger partial charge in [-0.2, -0.15) is 0 Å². The Morgan fingerprint density at radius 2 is 1.62 bits per heavy atom. The van der Waals surface area contributed by atoms with Crippen LogP contribution in [0.4, 0.5) is 5.69 Å². The Bertz CT molecular complexity index is 1460. The number of carbonyl (C=O) groups is 2. The second-order valence-corrected chi connectivity index (χ2v) is 12.9. The predicted molar refractivity (Wildman–Crippen MR) is 166 cm³/mol. The van der Waals surface area contributed by atoms with Crippen LogP contribution in [0.1, 0.15) is 48.8 Å². The maximum atomic E-state index is 14.3. The number of nitrogens with one attached hydrogen (secondary N) is 1. The third-order valence-corrected chi connectivity index (χ3v) is 8.82. The van der Waals surface area contributed by atoms with Crippen molar-refractivity contribution in [2.24, 2.45) is 0 Å². The average molecular weight is 592 g/mol. The Labute approximate surface area is 249 Å². The molecule has 0 bridgehead atoms. The second kappa shape index (κ2) is 14.4. The first-order valence-electron chi connectivity index (χ1n) is 14.4. The van der Waals surface area contributed by atoms with E-state index >= 15 is 0 Å². The van der Waals surface area contributed by atoms with Crippen LogP contribution in [0.2, 0.25) is 0 Å². The Balaban J connectivity index is 1.73. The van der Waals surface area contributed by atoms with E-state index in [4.69, 9.17) is 4.74 Å². The van der Waals surface area contributed by atoms with Gasteiger partial charge < -0.3 is 15.0 Å². The van der Waals surface area contributed by atoms with Gasteiger partial charge >= 0.3 is 0 Å². The van der Waals surface area contributed by atoms with Crippen molar-refractivity contribution < 1.29 is 22.7 Å². The number of sulfonamides is 1. The number of methoxy groups -OCH3 is 1. The summed E-state index contributed by atoms with van der Waals surface area (Å²) in [5.41, 5.74) is 2.95. The Hall–Kier alpha value is -3.85. The van der Waals surface area contributed by atoms with E-state index in [0.717, 1.165) is 59.4 Å². The van der Waals surface area contributed by atoms with E-state index < -0.39 is 28.5 Å². The maximum Gasteiger partial charge on any atom is 0.244 e. The van der Waals surface area contributed by atoms with Gasteiger partial charge in [0.05, 0.1) is 19.1 Å². The highest BCUT2D eigenvalue weighted by atomic mass is 32.2. The molecule has 1 atom stereocenters. The summed E-state index contributed by atoms with van der Waals surface area (Å²) in [4.78, 5) is 29.8. The van der Waals surface area contributed by atoms with Gasteiger partial charge in [0, 0.05) is 19.0 Å². The lowest BCUT2D eigenvalue weighted by Gasteiger charge is -2.35. The first-order chi connectivity index (χ1) is 20.1. The summed E-state index contributed by atoms with van der Waals surface area (Å²) in [6.45, 7) is 1.54. The van der Waals surface area contributed by atoms with Crippen molar-refractivity contribution in [1.82, 2.24) is 10.2 Å². The van der Waals surface area contributed by atoms with Gasteiger partial charge in [-0.15, -0.1) is 0 Å². The minimum atomic E-state index is -3.81. The minimum absolute atomic E-state index is 0.0538. The fourth-order valence-electron chi connectivity index (χ4n) is 5.46. The van der Waals surface area contributed by atoms with Crippen molar-refractivity contribution in [2.75, 3.05) is 24.2 Å². The molecule has 0 aromatic heterocycles. The first kappa shape index (κ1) is 31.1. The lowest BCUT2D eigenvalue weighted by atomic mass is 9.94. The van der Waals surface area contributed by atoms with Crippen LogP contribution in [0.5, 0.6) is 5.75 Å². The molecular formula is C33H41N3O5S. The number of nitrogens with zero attached hydrogens (tertiary/aromatic N) is 2. The van der Waals surface area contributed by atoms with E-state index in [1.807, 2.05) is 67.6 Å². The molecule has 0 aliphatic heterocycles. The molecule has 0 spiro atoms. The van der Waals surface area contributed by atoms with E-state index in [9.17, 15) is 18.0 Å². The largest absolute Gasteiger partial charge is 0.497 e. The Kier molecular flexibility index (Phi) is 10.6. The third-order valence-electron chi connectivity index (χ3n) is 7.68. The molecule has 9 heteroatoms. The predicted octanol–water partition coefficient (Wildman–Crippen LogP) is 4.86. The summed E-state index contributed by atoms with van der Waals surface area (Å²) in [7, 11) is -2.24. The van der Waals surface area contributed by atoms with Crippen LogP contribution < -0.4 is 14.4 Å². The highest BCUT2D eigenvalue weighted by Gasteiger charge is 2.34. The van der Waals surface area contributed by atoms with Gasteiger partial charge in [0.25, 0.3) is 0 Å². The number of carbonyl (C=O) groups excluding carboxylic acids is 2. The lowest BCUT2D eigenvalue weighted by Crippen LogP contribution is -2.55. The summed E-state index contributed by atoms with van der Waals surface area (Å²) < 4.78 is 32.4. The molecule has 1 saturated carbocycles. The lowest BCUT2D eigenvalue weighted by molar-refractivity contribution is -0.140. The number of rotatable bonds is 12. The van der Waals surface area contributed by atoms with Crippen molar-refractivity contribution in [2.45, 2.75) is 64.1 Å². The summed E-state index contributed by atoms with van der Waals surface area (Å²) in [5, 5.41) is 3.22. The topological polar surface area (TPSA) is 96.0 Å². The zero-order valence-electron chi connectivity index (χ0n) is 24.7. The van der Waals surface area contributed by atoms with E-state index in [0.29, 0.717) is 17.9 Å². The number of amides is 2. The number of ether oxygens (including phenoxy) is 1. The monoisotopic (exact) mass is 591 g/mol. The molecule has 1 aliphatic rings. The average Bonchev–Trinajstić information content (AvgIpc) is 2.98. The van der Waals surface area contributed by atoms with E-state index in [-0.39, 0.29) is 18.5 Å². The molecule has 3 aromatic carbocycles. The van der Waals surface area contributed by atoms with Crippen molar-refractivity contribution in [3.05, 3.63) is 95.6 Å². The van der Waals surface area contributed by atoms with Crippen molar-refractivity contribution in [1.29, 1.82) is 0 Å². The van der Waals surface area contributed by atoms with Gasteiger partial charge in [0.15, 0.2) is 0 Å². The van der Waals surface area contributed by atoms with Crippen molar-refractivity contribution >= 4 is 27.5 Å². The van der Waals surface area contributed by atoms with Gasteiger partial charge in [-0.05, 0) is 60.7 Å². The summed E-state index contributed by atoms with van der Waals surface area (Å²) in [6.07, 6.45) is 6.46. The maximum absolute atomic E-state index is 14.3. The minimum Gasteiger partial charge on any atom is -0.497 e. The van der Waals surface area contributed by atoms with Crippen LogP contribution >= 0.6 is 0 Å². The van der Waals surface area contributed by atoms with E-state index in [2.05, 4.69) is 5.32 Å². The highest BCUT2D eigenvalue weighted by Crippen LogP contribution is 2.23. The van der Waals surface area contributed by atoms with Crippen molar-refractivity contribution in [3.63, 3.8) is 0 Å². The molecule has 42 heavy (non-hydrogen) atoms. The van der Waals surface area contributed by atoms with Gasteiger partial charge in [-0.1, -0.05) is 73.9 Å². The van der Waals surface area contributed by atoms with Crippen LogP contribution in [-0.2, 0) is 32.6 Å². The van der Waals surface area contributed by atoms with Gasteiger partial charge in [0.1, 0.15) is 18.3 Å². The molecule has 1 aliphatic carbocycles. The normalized spacial score (nSPS) is 14.5. The molecule has 1 fully saturated rings.